The van der Waals surface area contributed by atoms with Gasteiger partial charge in [-0.15, -0.1) is 0 Å². The largest absolute Gasteiger partial charge is 0.481 e. The molecule has 0 aromatic carbocycles. The number of rotatable bonds is 33. The highest BCUT2D eigenvalue weighted by Crippen LogP contribution is 2.12. The molecule has 2 rings (SSSR count). The summed E-state index contributed by atoms with van der Waals surface area (Å²) in [5, 5.41) is 56.2. The number of carbonyl (C=O) groups excluding carboxylic acids is 7. The Morgan fingerprint density at radius 2 is 1.01 bits per heavy atom. The first-order chi connectivity index (χ1) is 33.8. The number of nitrogens with one attached hydrogen (secondary N) is 9. The lowest BCUT2D eigenvalue weighted by molar-refractivity contribution is -0.142. The molecule has 9 atom stereocenters. The number of aliphatic carboxylic acids is 3. The summed E-state index contributed by atoms with van der Waals surface area (Å²) in [6.45, 7) is 8.09. The molecule has 2 aromatic rings. The molecule has 0 aliphatic carbocycles. The molecule has 0 fully saturated rings. The molecule has 0 aliphatic heterocycles. The maximum atomic E-state index is 14.3. The quantitative estimate of drug-likeness (QED) is 0.0182. The van der Waals surface area contributed by atoms with Gasteiger partial charge in [0.15, 0.2) is 5.96 Å². The summed E-state index contributed by atoms with van der Waals surface area (Å²) in [7, 11) is 0. The lowest BCUT2D eigenvalue weighted by Crippen LogP contribution is -2.62. The number of aromatic amines is 2. The standard InChI is InChI=1S/C43H69N15O14/c1-20(2)11-28(37(66)57-30(13-23-16-47-18-50-23)38(67)53-27(42(71)72)7-6-10-49-43(45)46)55-39(68)31(14-24-17-48-19-51-24)56-36(65)26(8-9-32(60)61)52-41(70)34(22(5)59)58-40(69)29(12-21(3)4)54-35(64)25(44)15-33(62)63/h16-22,25-31,34,59H,6-15,44H2,1-5H3,(H,47,50)(H,48,51)(H,52,70)(H,53,67)(H,54,64)(H,55,68)(H,56,65)(H,57,66)(H,58,69)(H,60,61)(H,62,63)(H,71,72)(H4,45,46,49)/t22-,25+,26+,27+,28+,29+,30+,31+,34+/m1/s1. The number of hydrogen-bond acceptors (Lipinski definition) is 15. The van der Waals surface area contributed by atoms with E-state index < -0.39 is 133 Å². The lowest BCUT2D eigenvalue weighted by Gasteiger charge is -2.29. The van der Waals surface area contributed by atoms with Crippen molar-refractivity contribution in [2.75, 3.05) is 6.54 Å². The maximum Gasteiger partial charge on any atom is 0.326 e. The number of carboxylic acid groups (broad SMARTS) is 3. The molecule has 29 nitrogen and oxygen atoms in total. The van der Waals surface area contributed by atoms with Crippen LogP contribution < -0.4 is 54.4 Å². The van der Waals surface area contributed by atoms with Gasteiger partial charge in [-0.25, -0.2) is 14.8 Å². The number of nitrogens with zero attached hydrogens (tertiary/aromatic N) is 3. The fourth-order valence-electron chi connectivity index (χ4n) is 6.92. The summed E-state index contributed by atoms with van der Waals surface area (Å²) in [5.74, 6) is -11.8. The van der Waals surface area contributed by atoms with E-state index in [0.29, 0.717) is 11.4 Å². The van der Waals surface area contributed by atoms with Crippen molar-refractivity contribution in [3.05, 3.63) is 36.4 Å². The number of aliphatic imine (C=N–C) groups is 1. The minimum atomic E-state index is -1.82. The monoisotopic (exact) mass is 1020 g/mol. The predicted molar refractivity (Wildman–Crippen MR) is 253 cm³/mol. The molecule has 0 unspecified atom stereocenters. The van der Waals surface area contributed by atoms with E-state index in [1.807, 2.05) is 0 Å². The van der Waals surface area contributed by atoms with E-state index in [9.17, 15) is 63.3 Å². The third kappa shape index (κ3) is 22.4. The fraction of sp³-hybridized carbons (Fsp3) is 0.605. The molecule has 7 amide bonds. The van der Waals surface area contributed by atoms with Crippen LogP contribution in [-0.2, 0) is 60.8 Å². The maximum absolute atomic E-state index is 14.3. The Hall–Kier alpha value is -7.69. The van der Waals surface area contributed by atoms with E-state index in [-0.39, 0.29) is 62.9 Å². The second-order valence-electron chi connectivity index (χ2n) is 17.8. The molecule has 400 valence electrons. The highest BCUT2D eigenvalue weighted by molar-refractivity contribution is 5.98. The summed E-state index contributed by atoms with van der Waals surface area (Å²) in [4.78, 5) is 148. The molecule has 19 N–H and O–H groups in total. The summed E-state index contributed by atoms with van der Waals surface area (Å²) in [6, 6.07) is -12.2. The van der Waals surface area contributed by atoms with Gasteiger partial charge in [0.25, 0.3) is 0 Å². The van der Waals surface area contributed by atoms with Crippen LogP contribution in [-0.4, -0.2) is 167 Å². The van der Waals surface area contributed by atoms with E-state index in [4.69, 9.17) is 22.3 Å². The first-order valence-electron chi connectivity index (χ1n) is 23.0. The van der Waals surface area contributed by atoms with E-state index >= 15 is 0 Å². The normalized spacial score (nSPS) is 14.9. The smallest absolute Gasteiger partial charge is 0.326 e. The molecule has 0 saturated carbocycles. The number of carbonyl (C=O) groups is 10. The summed E-state index contributed by atoms with van der Waals surface area (Å²) < 4.78 is 0. The van der Waals surface area contributed by atoms with Gasteiger partial charge in [0.05, 0.1) is 31.2 Å². The van der Waals surface area contributed by atoms with Crippen LogP contribution in [0.2, 0.25) is 0 Å². The third-order valence-electron chi connectivity index (χ3n) is 10.5. The number of guanidine groups is 1. The molecule has 0 spiro atoms. The van der Waals surface area contributed by atoms with Crippen LogP contribution in [0.25, 0.3) is 0 Å². The Labute approximate surface area is 413 Å². The van der Waals surface area contributed by atoms with Gasteiger partial charge < -0.3 is 84.8 Å². The zero-order chi connectivity index (χ0) is 54.2. The zero-order valence-electron chi connectivity index (χ0n) is 40.7. The van der Waals surface area contributed by atoms with E-state index in [0.717, 1.165) is 6.92 Å². The number of amides is 7. The van der Waals surface area contributed by atoms with Gasteiger partial charge >= 0.3 is 17.9 Å². The Morgan fingerprint density at radius 3 is 1.43 bits per heavy atom. The number of nitrogens with two attached hydrogens (primary N) is 3. The van der Waals surface area contributed by atoms with Gasteiger partial charge in [0.1, 0.15) is 42.3 Å². The molecule has 0 saturated heterocycles. The zero-order valence-corrected chi connectivity index (χ0v) is 40.7. The summed E-state index contributed by atoms with van der Waals surface area (Å²) in [6.07, 6.45) is 1.20. The molecular formula is C43H69N15O14. The van der Waals surface area contributed by atoms with E-state index in [2.05, 4.69) is 62.1 Å². The number of H-pyrrole nitrogens is 2. The highest BCUT2D eigenvalue weighted by Gasteiger charge is 2.36. The van der Waals surface area contributed by atoms with Crippen molar-refractivity contribution in [1.82, 2.24) is 57.2 Å². The predicted octanol–water partition coefficient (Wildman–Crippen LogP) is -4.41. The topological polar surface area (TPSA) is 484 Å². The van der Waals surface area contributed by atoms with Gasteiger partial charge in [0.2, 0.25) is 41.4 Å². The molecular weight excluding hydrogens is 951 g/mol. The SMILES string of the molecule is CC(C)C[C@H](NC(=O)[C@H](Cc1cnc[nH]1)NC(=O)[C@H](CCC(=O)O)NC(=O)[C@@H](NC(=O)[C@H](CC(C)C)NC(=O)[C@@H](N)CC(=O)O)[C@@H](C)O)C(=O)N[C@@H](Cc1cnc[nH]1)C(=O)N[C@@H](CCCN=C(N)N)C(=O)O. The summed E-state index contributed by atoms with van der Waals surface area (Å²) in [5.41, 5.74) is 17.0. The minimum Gasteiger partial charge on any atom is -0.481 e. The minimum absolute atomic E-state index is 0.0212. The van der Waals surface area contributed by atoms with Crippen LogP contribution in [0.1, 0.15) is 91.0 Å². The molecule has 0 aliphatic rings. The summed E-state index contributed by atoms with van der Waals surface area (Å²) >= 11 is 0. The highest BCUT2D eigenvalue weighted by atomic mass is 16.4. The Kier molecular flexibility index (Phi) is 25.3. The van der Waals surface area contributed by atoms with Crippen molar-refractivity contribution < 1.29 is 68.4 Å². The Bertz CT molecular complexity index is 2160. The van der Waals surface area contributed by atoms with Gasteiger partial charge in [-0.3, -0.25) is 48.1 Å². The van der Waals surface area contributed by atoms with Crippen molar-refractivity contribution in [3.8, 4) is 0 Å². The van der Waals surface area contributed by atoms with Crippen molar-refractivity contribution >= 4 is 65.2 Å². The molecule has 2 aromatic heterocycles. The van der Waals surface area contributed by atoms with Crippen molar-refractivity contribution in [2.24, 2.45) is 34.0 Å². The number of hydrogen-bond donors (Lipinski definition) is 16. The van der Waals surface area contributed by atoms with Gasteiger partial charge in [-0.2, -0.15) is 0 Å². The van der Waals surface area contributed by atoms with Crippen LogP contribution in [0.4, 0.5) is 0 Å². The first-order valence-corrected chi connectivity index (χ1v) is 23.0. The number of aliphatic hydroxyl groups is 1. The van der Waals surface area contributed by atoms with Crippen LogP contribution in [0.5, 0.6) is 0 Å². The Balaban J connectivity index is 2.43. The molecule has 72 heavy (non-hydrogen) atoms. The Morgan fingerprint density at radius 1 is 0.583 bits per heavy atom. The molecule has 0 bridgehead atoms. The van der Waals surface area contributed by atoms with Gasteiger partial charge in [0, 0.05) is 49.6 Å². The number of aromatic nitrogens is 4. The van der Waals surface area contributed by atoms with Crippen molar-refractivity contribution in [2.45, 2.75) is 147 Å². The average molecular weight is 1020 g/mol. The average Bonchev–Trinajstić information content (AvgIpc) is 4.00. The van der Waals surface area contributed by atoms with Crippen molar-refractivity contribution in [1.29, 1.82) is 0 Å². The van der Waals surface area contributed by atoms with Gasteiger partial charge in [-0.1, -0.05) is 27.7 Å². The van der Waals surface area contributed by atoms with Crippen LogP contribution in [0, 0.1) is 11.8 Å². The van der Waals surface area contributed by atoms with E-state index in [1.165, 1.54) is 25.0 Å². The second kappa shape index (κ2) is 30.1. The number of imidazole rings is 2. The number of aliphatic hydroxyl groups excluding tert-OH is 1. The van der Waals surface area contributed by atoms with Gasteiger partial charge in [-0.05, 0) is 50.9 Å². The van der Waals surface area contributed by atoms with Crippen LogP contribution in [0.15, 0.2) is 30.0 Å². The van der Waals surface area contributed by atoms with Crippen LogP contribution >= 0.6 is 0 Å². The third-order valence-corrected chi connectivity index (χ3v) is 10.5. The van der Waals surface area contributed by atoms with E-state index in [1.54, 1.807) is 27.7 Å². The van der Waals surface area contributed by atoms with Crippen molar-refractivity contribution in [3.63, 3.8) is 0 Å². The van der Waals surface area contributed by atoms with Crippen LogP contribution in [0.3, 0.4) is 0 Å². The molecule has 0 radical (unpaired) electrons. The lowest BCUT2D eigenvalue weighted by atomic mass is 10.0. The second-order valence-corrected chi connectivity index (χ2v) is 17.8. The molecule has 29 heteroatoms. The molecule has 2 heterocycles. The number of carboxylic acids is 3. The first kappa shape index (κ1) is 60.4. The fourth-order valence-corrected chi connectivity index (χ4v) is 6.92.